The van der Waals surface area contributed by atoms with Crippen LogP contribution < -0.4 is 10.1 Å². The maximum atomic E-state index is 6.07. The lowest BCUT2D eigenvalue weighted by Crippen LogP contribution is -2.39. The van der Waals surface area contributed by atoms with Crippen LogP contribution >= 0.6 is 0 Å². The van der Waals surface area contributed by atoms with Gasteiger partial charge in [0.2, 0.25) is 0 Å². The predicted molar refractivity (Wildman–Crippen MR) is 82.5 cm³/mol. The summed E-state index contributed by atoms with van der Waals surface area (Å²) < 4.78 is 11.5. The number of hydrogen-bond acceptors (Lipinski definition) is 3. The molecule has 3 nitrogen and oxygen atoms in total. The highest BCUT2D eigenvalue weighted by molar-refractivity contribution is 5.37. The molecular formula is C17H27NO2. The molecule has 1 N–H and O–H groups in total. The summed E-state index contributed by atoms with van der Waals surface area (Å²) in [5.74, 6) is 2.10. The Morgan fingerprint density at radius 3 is 2.80 bits per heavy atom. The summed E-state index contributed by atoms with van der Waals surface area (Å²) in [6, 6.07) is 6.88. The van der Waals surface area contributed by atoms with Gasteiger partial charge in [-0.1, -0.05) is 26.0 Å². The molecule has 20 heavy (non-hydrogen) atoms. The van der Waals surface area contributed by atoms with Gasteiger partial charge in [0, 0.05) is 18.6 Å². The van der Waals surface area contributed by atoms with Crippen molar-refractivity contribution in [2.75, 3.05) is 26.9 Å². The summed E-state index contributed by atoms with van der Waals surface area (Å²) in [5, 5.41) is 3.37. The van der Waals surface area contributed by atoms with Crippen molar-refractivity contribution < 1.29 is 9.47 Å². The molecule has 1 aliphatic heterocycles. The molecule has 0 aromatic heterocycles. The van der Waals surface area contributed by atoms with Crippen molar-refractivity contribution in [2.45, 2.75) is 39.2 Å². The van der Waals surface area contributed by atoms with E-state index in [2.05, 4.69) is 44.3 Å². The van der Waals surface area contributed by atoms with Gasteiger partial charge in [0.25, 0.3) is 0 Å². The molecule has 0 amide bonds. The van der Waals surface area contributed by atoms with Crippen LogP contribution in [0.1, 0.15) is 37.3 Å². The van der Waals surface area contributed by atoms with E-state index in [1.807, 2.05) is 7.05 Å². The third-order valence-corrected chi connectivity index (χ3v) is 4.20. The first kappa shape index (κ1) is 15.3. The first-order valence-corrected chi connectivity index (χ1v) is 7.60. The van der Waals surface area contributed by atoms with Crippen molar-refractivity contribution in [3.05, 3.63) is 29.3 Å². The Labute approximate surface area is 122 Å². The Bertz CT molecular complexity index is 425. The number of hydrogen-bond donors (Lipinski definition) is 1. The lowest BCUT2D eigenvalue weighted by molar-refractivity contribution is 0.162. The topological polar surface area (TPSA) is 30.5 Å². The molecule has 1 heterocycles. The molecule has 1 aromatic rings. The van der Waals surface area contributed by atoms with Crippen LogP contribution in [-0.4, -0.2) is 32.9 Å². The minimum absolute atomic E-state index is 0.361. The van der Waals surface area contributed by atoms with Gasteiger partial charge in [0.1, 0.15) is 12.4 Å². The average molecular weight is 277 g/mol. The summed E-state index contributed by atoms with van der Waals surface area (Å²) in [4.78, 5) is 0. The van der Waals surface area contributed by atoms with Crippen LogP contribution in [0.5, 0.6) is 5.75 Å². The molecule has 0 bridgehead atoms. The van der Waals surface area contributed by atoms with E-state index in [9.17, 15) is 0 Å². The lowest BCUT2D eigenvalue weighted by Gasteiger charge is -2.23. The van der Waals surface area contributed by atoms with E-state index >= 15 is 0 Å². The molecule has 3 heteroatoms. The van der Waals surface area contributed by atoms with Crippen LogP contribution in [0.15, 0.2) is 18.2 Å². The van der Waals surface area contributed by atoms with E-state index < -0.39 is 0 Å². The molecule has 2 rings (SSSR count). The fourth-order valence-electron chi connectivity index (χ4n) is 2.64. The van der Waals surface area contributed by atoms with Crippen LogP contribution in [0.4, 0.5) is 0 Å². The molecule has 1 aromatic carbocycles. The van der Waals surface area contributed by atoms with Gasteiger partial charge in [-0.2, -0.15) is 0 Å². The van der Waals surface area contributed by atoms with Crippen LogP contribution in [0.2, 0.25) is 0 Å². The molecule has 2 atom stereocenters. The second-order valence-corrected chi connectivity index (χ2v) is 6.01. The molecule has 0 aliphatic carbocycles. The zero-order valence-corrected chi connectivity index (χ0v) is 13.1. The standard InChI is InChI=1S/C17H27NO2/c1-12(2)14-6-5-13(3)17(9-14)20-11-16(18-4)15-7-8-19-10-15/h5-6,9,12,15-16,18H,7-8,10-11H2,1-4H3. The second-order valence-electron chi connectivity index (χ2n) is 6.01. The van der Waals surface area contributed by atoms with Gasteiger partial charge < -0.3 is 14.8 Å². The van der Waals surface area contributed by atoms with Crippen molar-refractivity contribution in [3.63, 3.8) is 0 Å². The minimum Gasteiger partial charge on any atom is -0.492 e. The Morgan fingerprint density at radius 1 is 1.40 bits per heavy atom. The first-order chi connectivity index (χ1) is 9.61. The summed E-state index contributed by atoms with van der Waals surface area (Å²) in [6.45, 7) is 8.95. The third kappa shape index (κ3) is 3.74. The number of ether oxygens (including phenoxy) is 2. The van der Waals surface area contributed by atoms with Gasteiger partial charge in [-0.3, -0.25) is 0 Å². The number of benzene rings is 1. The van der Waals surface area contributed by atoms with E-state index in [1.165, 1.54) is 11.1 Å². The number of nitrogens with one attached hydrogen (secondary N) is 1. The average Bonchev–Trinajstić information content (AvgIpc) is 2.95. The molecular weight excluding hydrogens is 250 g/mol. The zero-order chi connectivity index (χ0) is 14.5. The highest BCUT2D eigenvalue weighted by Crippen LogP contribution is 2.25. The predicted octanol–water partition coefficient (Wildman–Crippen LogP) is 3.12. The van der Waals surface area contributed by atoms with Gasteiger partial charge in [0.15, 0.2) is 0 Å². The largest absolute Gasteiger partial charge is 0.492 e. The van der Waals surface area contributed by atoms with E-state index in [0.717, 1.165) is 25.4 Å². The Balaban J connectivity index is 1.99. The van der Waals surface area contributed by atoms with Gasteiger partial charge >= 0.3 is 0 Å². The molecule has 0 saturated carbocycles. The smallest absolute Gasteiger partial charge is 0.122 e. The van der Waals surface area contributed by atoms with Crippen LogP contribution in [-0.2, 0) is 4.74 Å². The molecule has 2 unspecified atom stereocenters. The second kappa shape index (κ2) is 7.09. The quantitative estimate of drug-likeness (QED) is 0.866. The number of likely N-dealkylation sites (N-methyl/N-ethyl adjacent to an activating group) is 1. The van der Waals surface area contributed by atoms with Crippen molar-refractivity contribution in [2.24, 2.45) is 5.92 Å². The Hall–Kier alpha value is -1.06. The fraction of sp³-hybridized carbons (Fsp3) is 0.647. The van der Waals surface area contributed by atoms with E-state index in [0.29, 0.717) is 24.5 Å². The Kier molecular flexibility index (Phi) is 5.44. The van der Waals surface area contributed by atoms with Gasteiger partial charge in [-0.05, 0) is 43.5 Å². The van der Waals surface area contributed by atoms with Gasteiger partial charge in [-0.15, -0.1) is 0 Å². The summed E-state index contributed by atoms with van der Waals surface area (Å²) in [7, 11) is 2.00. The molecule has 1 fully saturated rings. The maximum absolute atomic E-state index is 6.07. The monoisotopic (exact) mass is 277 g/mol. The van der Waals surface area contributed by atoms with Crippen molar-refractivity contribution in [1.82, 2.24) is 5.32 Å². The first-order valence-electron chi connectivity index (χ1n) is 7.60. The van der Waals surface area contributed by atoms with Crippen molar-refractivity contribution in [3.8, 4) is 5.75 Å². The minimum atomic E-state index is 0.361. The fourth-order valence-corrected chi connectivity index (χ4v) is 2.64. The SMILES string of the molecule is CNC(COc1cc(C(C)C)ccc1C)C1CCOC1. The van der Waals surface area contributed by atoms with Gasteiger partial charge in [-0.25, -0.2) is 0 Å². The highest BCUT2D eigenvalue weighted by atomic mass is 16.5. The summed E-state index contributed by atoms with van der Waals surface area (Å²) in [5.41, 5.74) is 2.53. The van der Waals surface area contributed by atoms with E-state index in [1.54, 1.807) is 0 Å². The van der Waals surface area contributed by atoms with Gasteiger partial charge in [0.05, 0.1) is 6.61 Å². The summed E-state index contributed by atoms with van der Waals surface area (Å²) in [6.07, 6.45) is 1.12. The molecule has 1 saturated heterocycles. The van der Waals surface area contributed by atoms with Crippen molar-refractivity contribution >= 4 is 0 Å². The molecule has 112 valence electrons. The van der Waals surface area contributed by atoms with Crippen LogP contribution in [0, 0.1) is 12.8 Å². The third-order valence-electron chi connectivity index (χ3n) is 4.20. The number of rotatable bonds is 6. The van der Waals surface area contributed by atoms with E-state index in [-0.39, 0.29) is 0 Å². The van der Waals surface area contributed by atoms with Crippen LogP contribution in [0.3, 0.4) is 0 Å². The molecule has 1 aliphatic rings. The maximum Gasteiger partial charge on any atom is 0.122 e. The van der Waals surface area contributed by atoms with Crippen molar-refractivity contribution in [1.29, 1.82) is 0 Å². The van der Waals surface area contributed by atoms with E-state index in [4.69, 9.17) is 9.47 Å². The summed E-state index contributed by atoms with van der Waals surface area (Å²) >= 11 is 0. The molecule has 0 radical (unpaired) electrons. The zero-order valence-electron chi connectivity index (χ0n) is 13.1. The molecule has 0 spiro atoms. The highest BCUT2D eigenvalue weighted by Gasteiger charge is 2.25. The Morgan fingerprint density at radius 2 is 2.20 bits per heavy atom. The number of aryl methyl sites for hydroxylation is 1. The normalized spacial score (nSPS) is 20.4. The lowest BCUT2D eigenvalue weighted by atomic mass is 9.99. The van der Waals surface area contributed by atoms with Crippen LogP contribution in [0.25, 0.3) is 0 Å².